The van der Waals surface area contributed by atoms with Crippen molar-refractivity contribution in [3.05, 3.63) is 62.3 Å². The zero-order chi connectivity index (χ0) is 14.7. The average molecular weight is 401 g/mol. The van der Waals surface area contributed by atoms with Crippen molar-refractivity contribution in [1.29, 1.82) is 0 Å². The Labute approximate surface area is 135 Å². The number of benzene rings is 2. The number of nitrogens with one attached hydrogen (secondary N) is 1. The van der Waals surface area contributed by atoms with Crippen molar-refractivity contribution in [2.24, 2.45) is 0 Å². The van der Waals surface area contributed by atoms with Crippen LogP contribution in [0, 0.1) is 12.7 Å². The summed E-state index contributed by atoms with van der Waals surface area (Å²) < 4.78 is 15.2. The summed E-state index contributed by atoms with van der Waals surface area (Å²) in [7, 11) is 0. The maximum absolute atomic E-state index is 13.7. The molecule has 0 spiro atoms. The molecule has 106 valence electrons. The van der Waals surface area contributed by atoms with E-state index in [-0.39, 0.29) is 11.9 Å². The fourth-order valence-electron chi connectivity index (χ4n) is 2.11. The molecule has 0 radical (unpaired) electrons. The average Bonchev–Trinajstić information content (AvgIpc) is 2.42. The van der Waals surface area contributed by atoms with E-state index in [0.29, 0.717) is 4.47 Å². The summed E-state index contributed by atoms with van der Waals surface area (Å²) in [6, 6.07) is 11.7. The van der Waals surface area contributed by atoms with Gasteiger partial charge in [-0.05, 0) is 64.7 Å². The second-order valence-corrected chi connectivity index (χ2v) is 6.51. The number of hydrogen-bond acceptors (Lipinski definition) is 1. The van der Waals surface area contributed by atoms with Gasteiger partial charge in [0.05, 0.1) is 10.5 Å². The largest absolute Gasteiger partial charge is 0.378 e. The van der Waals surface area contributed by atoms with Gasteiger partial charge in [0.15, 0.2) is 0 Å². The standard InChI is InChI=1S/C16H16Br2FN/c1-3-15(11-4-6-12(17)7-5-11)20-16-9-14(19)13(18)8-10(16)2/h4-9,15,20H,3H2,1-2H3. The van der Waals surface area contributed by atoms with E-state index < -0.39 is 0 Å². The summed E-state index contributed by atoms with van der Waals surface area (Å²) in [6.07, 6.45) is 0.929. The Bertz CT molecular complexity index is 596. The van der Waals surface area contributed by atoms with Crippen LogP contribution in [0.3, 0.4) is 0 Å². The third kappa shape index (κ3) is 3.61. The first-order valence-corrected chi connectivity index (χ1v) is 8.07. The van der Waals surface area contributed by atoms with Crippen LogP contribution in [0.4, 0.5) is 10.1 Å². The van der Waals surface area contributed by atoms with Crippen LogP contribution in [0.5, 0.6) is 0 Å². The van der Waals surface area contributed by atoms with Crippen molar-refractivity contribution >= 4 is 37.5 Å². The van der Waals surface area contributed by atoms with Gasteiger partial charge in [0.25, 0.3) is 0 Å². The van der Waals surface area contributed by atoms with Crippen LogP contribution in [-0.2, 0) is 0 Å². The molecule has 0 aromatic heterocycles. The lowest BCUT2D eigenvalue weighted by Crippen LogP contribution is -2.10. The highest BCUT2D eigenvalue weighted by atomic mass is 79.9. The molecule has 2 aromatic rings. The number of aryl methyl sites for hydroxylation is 1. The molecule has 0 fully saturated rings. The first kappa shape index (κ1) is 15.5. The molecule has 2 aromatic carbocycles. The Morgan fingerprint density at radius 2 is 1.80 bits per heavy atom. The Morgan fingerprint density at radius 1 is 1.15 bits per heavy atom. The molecule has 20 heavy (non-hydrogen) atoms. The first-order valence-electron chi connectivity index (χ1n) is 6.49. The first-order chi connectivity index (χ1) is 9.51. The molecular formula is C16H16Br2FN. The lowest BCUT2D eigenvalue weighted by molar-refractivity contribution is 0.620. The Kier molecular flexibility index (Phi) is 5.22. The monoisotopic (exact) mass is 399 g/mol. The molecule has 2 rings (SSSR count). The topological polar surface area (TPSA) is 12.0 Å². The van der Waals surface area contributed by atoms with Crippen LogP contribution in [-0.4, -0.2) is 0 Å². The summed E-state index contributed by atoms with van der Waals surface area (Å²) in [6.45, 7) is 4.09. The van der Waals surface area contributed by atoms with E-state index in [1.807, 2.05) is 19.1 Å². The summed E-state index contributed by atoms with van der Waals surface area (Å²) >= 11 is 6.65. The van der Waals surface area contributed by atoms with Crippen molar-refractivity contribution in [1.82, 2.24) is 0 Å². The molecule has 0 aliphatic rings. The van der Waals surface area contributed by atoms with Gasteiger partial charge in [-0.25, -0.2) is 4.39 Å². The summed E-state index contributed by atoms with van der Waals surface area (Å²) in [5.41, 5.74) is 3.05. The van der Waals surface area contributed by atoms with E-state index in [4.69, 9.17) is 0 Å². The van der Waals surface area contributed by atoms with Gasteiger partial charge >= 0.3 is 0 Å². The molecule has 4 heteroatoms. The molecule has 0 aliphatic heterocycles. The SMILES string of the molecule is CCC(Nc1cc(F)c(Br)cc1C)c1ccc(Br)cc1. The minimum absolute atomic E-state index is 0.169. The molecule has 0 aliphatic carbocycles. The maximum atomic E-state index is 13.7. The van der Waals surface area contributed by atoms with E-state index in [9.17, 15) is 4.39 Å². The van der Waals surface area contributed by atoms with E-state index in [2.05, 4.69) is 56.2 Å². The van der Waals surface area contributed by atoms with E-state index in [0.717, 1.165) is 22.1 Å². The minimum Gasteiger partial charge on any atom is -0.378 e. The van der Waals surface area contributed by atoms with Gasteiger partial charge in [-0.15, -0.1) is 0 Å². The maximum Gasteiger partial charge on any atom is 0.139 e. The van der Waals surface area contributed by atoms with Crippen LogP contribution < -0.4 is 5.32 Å². The van der Waals surface area contributed by atoms with Crippen molar-refractivity contribution in [2.45, 2.75) is 26.3 Å². The summed E-state index contributed by atoms with van der Waals surface area (Å²) in [4.78, 5) is 0. The third-order valence-electron chi connectivity index (χ3n) is 3.28. The normalized spacial score (nSPS) is 12.2. The van der Waals surface area contributed by atoms with Crippen LogP contribution in [0.25, 0.3) is 0 Å². The minimum atomic E-state index is -0.247. The van der Waals surface area contributed by atoms with Crippen molar-refractivity contribution in [2.75, 3.05) is 5.32 Å². The Morgan fingerprint density at radius 3 is 2.40 bits per heavy atom. The molecule has 0 saturated heterocycles. The van der Waals surface area contributed by atoms with Crippen LogP contribution in [0.15, 0.2) is 45.3 Å². The van der Waals surface area contributed by atoms with Gasteiger partial charge in [0, 0.05) is 10.2 Å². The lowest BCUT2D eigenvalue weighted by Gasteiger charge is -2.20. The fraction of sp³-hybridized carbons (Fsp3) is 0.250. The molecule has 0 saturated carbocycles. The van der Waals surface area contributed by atoms with Crippen LogP contribution >= 0.6 is 31.9 Å². The van der Waals surface area contributed by atoms with Gasteiger partial charge in [-0.3, -0.25) is 0 Å². The van der Waals surface area contributed by atoms with Crippen molar-refractivity contribution < 1.29 is 4.39 Å². The van der Waals surface area contributed by atoms with Gasteiger partial charge in [-0.2, -0.15) is 0 Å². The predicted molar refractivity (Wildman–Crippen MR) is 89.6 cm³/mol. The van der Waals surface area contributed by atoms with Crippen molar-refractivity contribution in [3.8, 4) is 0 Å². The molecule has 1 atom stereocenters. The van der Waals surface area contributed by atoms with Gasteiger partial charge in [0.1, 0.15) is 5.82 Å². The number of rotatable bonds is 4. The molecular weight excluding hydrogens is 385 g/mol. The zero-order valence-corrected chi connectivity index (χ0v) is 14.6. The zero-order valence-electron chi connectivity index (χ0n) is 11.4. The lowest BCUT2D eigenvalue weighted by atomic mass is 10.0. The van der Waals surface area contributed by atoms with Crippen LogP contribution in [0.2, 0.25) is 0 Å². The molecule has 1 nitrogen and oxygen atoms in total. The van der Waals surface area contributed by atoms with Gasteiger partial charge in [0.2, 0.25) is 0 Å². The second-order valence-electron chi connectivity index (χ2n) is 4.74. The molecule has 0 amide bonds. The molecule has 1 unspecified atom stereocenters. The highest BCUT2D eigenvalue weighted by molar-refractivity contribution is 9.10. The van der Waals surface area contributed by atoms with E-state index >= 15 is 0 Å². The molecule has 0 heterocycles. The highest BCUT2D eigenvalue weighted by Crippen LogP contribution is 2.29. The predicted octanol–water partition coefficient (Wildman–Crippen LogP) is 6.22. The van der Waals surface area contributed by atoms with Crippen LogP contribution in [0.1, 0.15) is 30.5 Å². The Hall–Kier alpha value is -0.870. The summed E-state index contributed by atoms with van der Waals surface area (Å²) in [5, 5.41) is 3.42. The molecule has 0 bridgehead atoms. The Balaban J connectivity index is 2.26. The highest BCUT2D eigenvalue weighted by Gasteiger charge is 2.12. The number of hydrogen-bond donors (Lipinski definition) is 1. The third-order valence-corrected chi connectivity index (χ3v) is 4.41. The number of halogens is 3. The van der Waals surface area contributed by atoms with E-state index in [1.165, 1.54) is 5.56 Å². The second kappa shape index (κ2) is 6.72. The number of anilines is 1. The van der Waals surface area contributed by atoms with E-state index in [1.54, 1.807) is 12.1 Å². The quantitative estimate of drug-likeness (QED) is 0.641. The molecule has 1 N–H and O–H groups in total. The van der Waals surface area contributed by atoms with Crippen molar-refractivity contribution in [3.63, 3.8) is 0 Å². The van der Waals surface area contributed by atoms with Gasteiger partial charge in [-0.1, -0.05) is 35.0 Å². The fourth-order valence-corrected chi connectivity index (χ4v) is 2.83. The smallest absolute Gasteiger partial charge is 0.139 e. The summed E-state index contributed by atoms with van der Waals surface area (Å²) in [5.74, 6) is -0.247. The van der Waals surface area contributed by atoms with Gasteiger partial charge < -0.3 is 5.32 Å².